The Morgan fingerprint density at radius 1 is 1.08 bits per heavy atom. The topological polar surface area (TPSA) is 41.1 Å². The van der Waals surface area contributed by atoms with Crippen molar-refractivity contribution in [2.24, 2.45) is 0 Å². The minimum Gasteiger partial charge on any atom is -0.334 e. The minimum absolute atomic E-state index is 0.0115. The van der Waals surface area contributed by atoms with E-state index in [1.54, 1.807) is 18.2 Å². The Hall–Kier alpha value is -2.65. The molecule has 0 aliphatic carbocycles. The van der Waals surface area contributed by atoms with Crippen LogP contribution in [-0.4, -0.2) is 12.6 Å². The van der Waals surface area contributed by atoms with Crippen molar-refractivity contribution in [1.82, 2.24) is 10.6 Å². The summed E-state index contributed by atoms with van der Waals surface area (Å²) >= 11 is 5.84. The lowest BCUT2D eigenvalue weighted by molar-refractivity contribution is -0.137. The van der Waals surface area contributed by atoms with E-state index in [1.165, 1.54) is 12.1 Å². The van der Waals surface area contributed by atoms with Crippen molar-refractivity contribution in [3.8, 4) is 11.8 Å². The molecule has 0 saturated heterocycles. The summed E-state index contributed by atoms with van der Waals surface area (Å²) in [5.41, 5.74) is 0.320. The van der Waals surface area contributed by atoms with Gasteiger partial charge < -0.3 is 10.6 Å². The largest absolute Gasteiger partial charge is 0.416 e. The highest BCUT2D eigenvalue weighted by molar-refractivity contribution is 6.30. The molecule has 0 aromatic heterocycles. The number of rotatable bonds is 3. The number of nitrogens with one attached hydrogen (secondary N) is 2. The van der Waals surface area contributed by atoms with Crippen LogP contribution in [-0.2, 0) is 12.7 Å². The number of carbonyl (C=O) groups excluding carboxylic acids is 1. The van der Waals surface area contributed by atoms with Gasteiger partial charge in [0.2, 0.25) is 0 Å². The predicted octanol–water partition coefficient (Wildman–Crippen LogP) is 4.21. The molecule has 2 aromatic carbocycles. The SMILES string of the molecule is O=C(NCC#Cc1cccc(C(F)(F)F)c1)NCc1cccc(Cl)c1. The van der Waals surface area contributed by atoms with Crippen LogP contribution in [0.2, 0.25) is 5.02 Å². The van der Waals surface area contributed by atoms with Gasteiger partial charge in [-0.15, -0.1) is 0 Å². The summed E-state index contributed by atoms with van der Waals surface area (Å²) in [6.45, 7) is 0.311. The van der Waals surface area contributed by atoms with Crippen LogP contribution in [0.4, 0.5) is 18.0 Å². The summed E-state index contributed by atoms with van der Waals surface area (Å²) in [6.07, 6.45) is -4.41. The lowest BCUT2D eigenvalue weighted by Crippen LogP contribution is -2.35. The second-order valence-electron chi connectivity index (χ2n) is 5.05. The van der Waals surface area contributed by atoms with Gasteiger partial charge in [0.15, 0.2) is 0 Å². The number of hydrogen-bond donors (Lipinski definition) is 2. The van der Waals surface area contributed by atoms with E-state index in [4.69, 9.17) is 11.6 Å². The molecule has 25 heavy (non-hydrogen) atoms. The first-order valence-electron chi connectivity index (χ1n) is 7.27. The van der Waals surface area contributed by atoms with Crippen molar-refractivity contribution in [1.29, 1.82) is 0 Å². The molecule has 0 aliphatic rings. The third-order valence-corrected chi connectivity index (χ3v) is 3.34. The number of alkyl halides is 3. The van der Waals surface area contributed by atoms with Crippen molar-refractivity contribution in [3.05, 3.63) is 70.2 Å². The highest BCUT2D eigenvalue weighted by Gasteiger charge is 2.30. The second-order valence-corrected chi connectivity index (χ2v) is 5.48. The molecular formula is C18H14ClF3N2O. The van der Waals surface area contributed by atoms with Gasteiger partial charge in [-0.2, -0.15) is 13.2 Å². The molecule has 2 N–H and O–H groups in total. The van der Waals surface area contributed by atoms with E-state index in [0.717, 1.165) is 17.7 Å². The normalized spacial score (nSPS) is 10.6. The van der Waals surface area contributed by atoms with E-state index in [9.17, 15) is 18.0 Å². The summed E-state index contributed by atoms with van der Waals surface area (Å²) in [5, 5.41) is 5.71. The molecule has 0 fully saturated rings. The van der Waals surface area contributed by atoms with Gasteiger partial charge in [-0.1, -0.05) is 41.6 Å². The Bertz CT molecular complexity index is 810. The fourth-order valence-corrected chi connectivity index (χ4v) is 2.15. The molecule has 0 unspecified atom stereocenters. The highest BCUT2D eigenvalue weighted by atomic mass is 35.5. The van der Waals surface area contributed by atoms with E-state index < -0.39 is 17.8 Å². The number of hydrogen-bond acceptors (Lipinski definition) is 1. The standard InChI is InChI=1S/C18H14ClF3N2O/c19-16-8-2-5-14(11-16)12-24-17(25)23-9-3-6-13-4-1-7-15(10-13)18(20,21)22/h1-2,4-5,7-8,10-11H,9,12H2,(H2,23,24,25). The number of halogens is 4. The lowest BCUT2D eigenvalue weighted by Gasteiger charge is -2.06. The second kappa shape index (κ2) is 8.45. The summed E-state index contributed by atoms with van der Waals surface area (Å²) in [6, 6.07) is 11.3. The van der Waals surface area contributed by atoms with Crippen molar-refractivity contribution in [2.75, 3.05) is 6.54 Å². The van der Waals surface area contributed by atoms with Crippen LogP contribution in [0.5, 0.6) is 0 Å². The fraction of sp³-hybridized carbons (Fsp3) is 0.167. The van der Waals surface area contributed by atoms with Gasteiger partial charge in [-0.3, -0.25) is 0 Å². The third kappa shape index (κ3) is 6.40. The number of carbonyl (C=O) groups is 1. The van der Waals surface area contributed by atoms with Crippen LogP contribution in [0.25, 0.3) is 0 Å². The van der Waals surface area contributed by atoms with Gasteiger partial charge >= 0.3 is 12.2 Å². The zero-order chi connectivity index (χ0) is 18.3. The summed E-state index contributed by atoms with van der Waals surface area (Å²) in [7, 11) is 0. The maximum Gasteiger partial charge on any atom is 0.416 e. The Balaban J connectivity index is 1.81. The molecule has 130 valence electrons. The minimum atomic E-state index is -4.41. The predicted molar refractivity (Wildman–Crippen MR) is 90.0 cm³/mol. The zero-order valence-electron chi connectivity index (χ0n) is 13.0. The molecule has 0 heterocycles. The molecule has 3 nitrogen and oxygen atoms in total. The first-order valence-corrected chi connectivity index (χ1v) is 7.64. The quantitative estimate of drug-likeness (QED) is 0.785. The molecule has 0 radical (unpaired) electrons. The van der Waals surface area contributed by atoms with E-state index >= 15 is 0 Å². The Morgan fingerprint density at radius 2 is 1.84 bits per heavy atom. The summed E-state index contributed by atoms with van der Waals surface area (Å²) < 4.78 is 37.8. The van der Waals surface area contributed by atoms with Gasteiger partial charge in [0, 0.05) is 17.1 Å². The third-order valence-electron chi connectivity index (χ3n) is 3.10. The van der Waals surface area contributed by atoms with Crippen molar-refractivity contribution in [2.45, 2.75) is 12.7 Å². The fourth-order valence-electron chi connectivity index (χ4n) is 1.94. The van der Waals surface area contributed by atoms with Crippen LogP contribution in [0.15, 0.2) is 48.5 Å². The van der Waals surface area contributed by atoms with Gasteiger partial charge in [0.05, 0.1) is 12.1 Å². The van der Waals surface area contributed by atoms with Crippen molar-refractivity contribution in [3.63, 3.8) is 0 Å². The molecule has 7 heteroatoms. The first kappa shape index (κ1) is 18.7. The van der Waals surface area contributed by atoms with Crippen molar-refractivity contribution >= 4 is 17.6 Å². The number of urea groups is 1. The molecule has 2 amide bonds. The van der Waals surface area contributed by atoms with E-state index in [1.807, 2.05) is 6.07 Å². The van der Waals surface area contributed by atoms with Crippen LogP contribution in [0.3, 0.4) is 0 Å². The first-order chi connectivity index (χ1) is 11.8. The van der Waals surface area contributed by atoms with Crippen LogP contribution < -0.4 is 10.6 Å². The Labute approximate surface area is 148 Å². The zero-order valence-corrected chi connectivity index (χ0v) is 13.7. The molecular weight excluding hydrogens is 353 g/mol. The molecule has 2 rings (SSSR count). The van der Waals surface area contributed by atoms with Crippen LogP contribution >= 0.6 is 11.6 Å². The molecule has 0 saturated carbocycles. The highest BCUT2D eigenvalue weighted by Crippen LogP contribution is 2.29. The van der Waals surface area contributed by atoms with Gasteiger partial charge in [-0.05, 0) is 35.9 Å². The van der Waals surface area contributed by atoms with Gasteiger partial charge in [-0.25, -0.2) is 4.79 Å². The van der Waals surface area contributed by atoms with E-state index in [-0.39, 0.29) is 12.1 Å². The van der Waals surface area contributed by atoms with Gasteiger partial charge in [0.1, 0.15) is 0 Å². The Morgan fingerprint density at radius 3 is 2.56 bits per heavy atom. The van der Waals surface area contributed by atoms with Crippen LogP contribution in [0.1, 0.15) is 16.7 Å². The van der Waals surface area contributed by atoms with Gasteiger partial charge in [0.25, 0.3) is 0 Å². The molecule has 0 spiro atoms. The Kier molecular flexibility index (Phi) is 6.31. The summed E-state index contributed by atoms with van der Waals surface area (Å²) in [4.78, 5) is 11.6. The smallest absolute Gasteiger partial charge is 0.334 e. The van der Waals surface area contributed by atoms with Crippen LogP contribution in [0, 0.1) is 11.8 Å². The maximum atomic E-state index is 12.6. The lowest BCUT2D eigenvalue weighted by atomic mass is 10.1. The molecule has 0 atom stereocenters. The molecule has 2 aromatic rings. The average molecular weight is 367 g/mol. The van der Waals surface area contributed by atoms with E-state index in [2.05, 4.69) is 22.5 Å². The van der Waals surface area contributed by atoms with Crippen molar-refractivity contribution < 1.29 is 18.0 Å². The average Bonchev–Trinajstić information content (AvgIpc) is 2.56. The van der Waals surface area contributed by atoms with E-state index in [0.29, 0.717) is 11.6 Å². The monoisotopic (exact) mass is 366 g/mol. The molecule has 0 bridgehead atoms. The number of amides is 2. The molecule has 0 aliphatic heterocycles. The number of benzene rings is 2. The summed E-state index contributed by atoms with van der Waals surface area (Å²) in [5.74, 6) is 5.19. The maximum absolute atomic E-state index is 12.6.